The Hall–Kier alpha value is -1.10. The molecule has 5 heteroatoms. The van der Waals surface area contributed by atoms with Crippen molar-refractivity contribution >= 4 is 11.9 Å². The van der Waals surface area contributed by atoms with Crippen molar-refractivity contribution < 1.29 is 14.7 Å². The number of nitrogens with one attached hydrogen (secondary N) is 2. The first kappa shape index (κ1) is 13.0. The number of carboxylic acid groups (broad SMARTS) is 1. The minimum Gasteiger partial charge on any atom is -0.480 e. The zero-order valence-electron chi connectivity index (χ0n) is 9.99. The Balaban J connectivity index is 2.42. The summed E-state index contributed by atoms with van der Waals surface area (Å²) in [5, 5.41) is 14.7. The second-order valence-corrected chi connectivity index (χ2v) is 4.73. The summed E-state index contributed by atoms with van der Waals surface area (Å²) in [5.74, 6) is -1.08. The predicted molar refractivity (Wildman–Crippen MR) is 60.0 cm³/mol. The molecule has 1 aliphatic carbocycles. The molecule has 0 bridgehead atoms. The molecule has 0 radical (unpaired) electrons. The third-order valence-electron chi connectivity index (χ3n) is 2.68. The Morgan fingerprint density at radius 3 is 2.19 bits per heavy atom. The molecule has 5 nitrogen and oxygen atoms in total. The van der Waals surface area contributed by atoms with Crippen LogP contribution >= 0.6 is 0 Å². The first-order chi connectivity index (χ1) is 7.41. The number of carbonyl (C=O) groups excluding carboxylic acids is 1. The van der Waals surface area contributed by atoms with E-state index in [-0.39, 0.29) is 11.8 Å². The highest BCUT2D eigenvalue weighted by molar-refractivity contribution is 5.83. The lowest BCUT2D eigenvalue weighted by Crippen LogP contribution is -2.51. The van der Waals surface area contributed by atoms with Gasteiger partial charge in [0.15, 0.2) is 0 Å². The first-order valence-corrected chi connectivity index (χ1v) is 5.71. The van der Waals surface area contributed by atoms with Crippen LogP contribution in [0.1, 0.15) is 33.6 Å². The number of rotatable bonds is 6. The van der Waals surface area contributed by atoms with Gasteiger partial charge in [-0.3, -0.25) is 14.9 Å². The van der Waals surface area contributed by atoms with E-state index in [0.29, 0.717) is 6.04 Å². The van der Waals surface area contributed by atoms with Gasteiger partial charge in [-0.2, -0.15) is 0 Å². The average molecular weight is 228 g/mol. The van der Waals surface area contributed by atoms with Gasteiger partial charge < -0.3 is 10.4 Å². The van der Waals surface area contributed by atoms with Crippen molar-refractivity contribution in [2.24, 2.45) is 5.92 Å². The maximum Gasteiger partial charge on any atom is 0.320 e. The number of hydrogen-bond acceptors (Lipinski definition) is 3. The summed E-state index contributed by atoms with van der Waals surface area (Å²) in [6.45, 7) is 5.32. The molecule has 0 aromatic carbocycles. The molecule has 0 heterocycles. The molecule has 0 aromatic rings. The van der Waals surface area contributed by atoms with Gasteiger partial charge in [0.1, 0.15) is 6.04 Å². The number of carbonyl (C=O) groups is 2. The molecule has 92 valence electrons. The number of amides is 1. The maximum absolute atomic E-state index is 11.6. The predicted octanol–water partition coefficient (Wildman–Crippen LogP) is 0.352. The summed E-state index contributed by atoms with van der Waals surface area (Å²) < 4.78 is 0. The fourth-order valence-corrected chi connectivity index (χ4v) is 1.45. The van der Waals surface area contributed by atoms with Crippen LogP contribution in [0.25, 0.3) is 0 Å². The SMILES string of the molecule is CC(NC(C(=O)O)C(C)C)C(=O)NC1CC1. The average Bonchev–Trinajstić information content (AvgIpc) is 2.96. The molecule has 1 rings (SSSR count). The normalized spacial score (nSPS) is 19.2. The zero-order chi connectivity index (χ0) is 12.3. The minimum atomic E-state index is -0.916. The molecule has 1 amide bonds. The lowest BCUT2D eigenvalue weighted by Gasteiger charge is -2.22. The van der Waals surface area contributed by atoms with Crippen molar-refractivity contribution in [1.82, 2.24) is 10.6 Å². The van der Waals surface area contributed by atoms with E-state index < -0.39 is 18.1 Å². The van der Waals surface area contributed by atoms with Crippen molar-refractivity contribution in [2.45, 2.75) is 51.7 Å². The maximum atomic E-state index is 11.6. The molecular weight excluding hydrogens is 208 g/mol. The van der Waals surface area contributed by atoms with Crippen LogP contribution in [0.3, 0.4) is 0 Å². The summed E-state index contributed by atoms with van der Waals surface area (Å²) in [6.07, 6.45) is 2.07. The molecule has 3 N–H and O–H groups in total. The summed E-state index contributed by atoms with van der Waals surface area (Å²) in [5.41, 5.74) is 0. The van der Waals surface area contributed by atoms with Gasteiger partial charge in [-0.25, -0.2) is 0 Å². The largest absolute Gasteiger partial charge is 0.480 e. The topological polar surface area (TPSA) is 78.4 Å². The van der Waals surface area contributed by atoms with Gasteiger partial charge in [-0.05, 0) is 25.7 Å². The van der Waals surface area contributed by atoms with E-state index in [4.69, 9.17) is 5.11 Å². The molecule has 0 aliphatic heterocycles. The molecule has 2 atom stereocenters. The highest BCUT2D eigenvalue weighted by Crippen LogP contribution is 2.18. The van der Waals surface area contributed by atoms with E-state index >= 15 is 0 Å². The summed E-state index contributed by atoms with van der Waals surface area (Å²) >= 11 is 0. The molecule has 0 aromatic heterocycles. The van der Waals surface area contributed by atoms with E-state index in [9.17, 15) is 9.59 Å². The van der Waals surface area contributed by atoms with Crippen LogP contribution in [0.5, 0.6) is 0 Å². The van der Waals surface area contributed by atoms with Gasteiger partial charge in [-0.1, -0.05) is 13.8 Å². The number of aliphatic carboxylic acids is 1. The quantitative estimate of drug-likeness (QED) is 0.613. The second kappa shape index (κ2) is 5.30. The first-order valence-electron chi connectivity index (χ1n) is 5.71. The van der Waals surface area contributed by atoms with Gasteiger partial charge in [-0.15, -0.1) is 0 Å². The van der Waals surface area contributed by atoms with E-state index in [0.717, 1.165) is 12.8 Å². The van der Waals surface area contributed by atoms with Crippen LogP contribution in [0.2, 0.25) is 0 Å². The monoisotopic (exact) mass is 228 g/mol. The Kier molecular flexibility index (Phi) is 4.29. The molecule has 1 aliphatic rings. The second-order valence-electron chi connectivity index (χ2n) is 4.73. The Labute approximate surface area is 95.6 Å². The van der Waals surface area contributed by atoms with E-state index in [1.807, 2.05) is 13.8 Å². The molecule has 2 unspecified atom stereocenters. The van der Waals surface area contributed by atoms with Crippen molar-refractivity contribution in [3.63, 3.8) is 0 Å². The third-order valence-corrected chi connectivity index (χ3v) is 2.68. The number of hydrogen-bond donors (Lipinski definition) is 3. The van der Waals surface area contributed by atoms with Crippen LogP contribution < -0.4 is 10.6 Å². The molecule has 0 saturated heterocycles. The fraction of sp³-hybridized carbons (Fsp3) is 0.818. The third kappa shape index (κ3) is 3.81. The van der Waals surface area contributed by atoms with Crippen molar-refractivity contribution in [1.29, 1.82) is 0 Å². The summed E-state index contributed by atoms with van der Waals surface area (Å²) in [7, 11) is 0. The van der Waals surface area contributed by atoms with Gasteiger partial charge in [0.25, 0.3) is 0 Å². The van der Waals surface area contributed by atoms with Gasteiger partial charge in [0.05, 0.1) is 6.04 Å². The zero-order valence-corrected chi connectivity index (χ0v) is 9.99. The van der Waals surface area contributed by atoms with Crippen LogP contribution in [0.15, 0.2) is 0 Å². The summed E-state index contributed by atoms with van der Waals surface area (Å²) in [4.78, 5) is 22.5. The lowest BCUT2D eigenvalue weighted by molar-refractivity contribution is -0.141. The van der Waals surface area contributed by atoms with Crippen molar-refractivity contribution in [3.8, 4) is 0 Å². The Bertz CT molecular complexity index is 274. The van der Waals surface area contributed by atoms with Crippen LogP contribution in [-0.2, 0) is 9.59 Å². The number of carboxylic acids is 1. The highest BCUT2D eigenvalue weighted by Gasteiger charge is 2.29. The van der Waals surface area contributed by atoms with E-state index in [2.05, 4.69) is 10.6 Å². The smallest absolute Gasteiger partial charge is 0.320 e. The minimum absolute atomic E-state index is 0.0475. The van der Waals surface area contributed by atoms with Crippen LogP contribution in [0, 0.1) is 5.92 Å². The molecular formula is C11H20N2O3. The molecule has 16 heavy (non-hydrogen) atoms. The van der Waals surface area contributed by atoms with Crippen molar-refractivity contribution in [2.75, 3.05) is 0 Å². The standard InChI is InChI=1S/C11H20N2O3/c1-6(2)9(11(15)16)12-7(3)10(14)13-8-4-5-8/h6-9,12H,4-5H2,1-3H3,(H,13,14)(H,15,16). The van der Waals surface area contributed by atoms with Gasteiger partial charge >= 0.3 is 5.97 Å². The molecule has 1 saturated carbocycles. The molecule has 1 fully saturated rings. The summed E-state index contributed by atoms with van der Waals surface area (Å²) in [6, 6.07) is -0.844. The van der Waals surface area contributed by atoms with Crippen LogP contribution in [0.4, 0.5) is 0 Å². The fourth-order valence-electron chi connectivity index (χ4n) is 1.45. The van der Waals surface area contributed by atoms with Gasteiger partial charge in [0.2, 0.25) is 5.91 Å². The Morgan fingerprint density at radius 2 is 1.81 bits per heavy atom. The van der Waals surface area contributed by atoms with Crippen LogP contribution in [-0.4, -0.2) is 35.1 Å². The van der Waals surface area contributed by atoms with E-state index in [1.54, 1.807) is 6.92 Å². The van der Waals surface area contributed by atoms with Gasteiger partial charge in [0, 0.05) is 6.04 Å². The lowest BCUT2D eigenvalue weighted by atomic mass is 10.0. The van der Waals surface area contributed by atoms with Crippen molar-refractivity contribution in [3.05, 3.63) is 0 Å². The highest BCUT2D eigenvalue weighted by atomic mass is 16.4. The van der Waals surface area contributed by atoms with E-state index in [1.165, 1.54) is 0 Å². The Morgan fingerprint density at radius 1 is 1.25 bits per heavy atom. The molecule has 0 spiro atoms.